The molecule has 4 rings (SSSR count). The van der Waals surface area contributed by atoms with Crippen LogP contribution >= 0.6 is 7.82 Å². The summed E-state index contributed by atoms with van der Waals surface area (Å²) >= 11 is 0. The molecule has 1 aromatic heterocycles. The van der Waals surface area contributed by atoms with Gasteiger partial charge in [0.05, 0.1) is 0 Å². The van der Waals surface area contributed by atoms with Crippen LogP contribution in [-0.4, -0.2) is 66.6 Å². The maximum Gasteiger partial charge on any atom is 0.470 e. The van der Waals surface area contributed by atoms with Crippen molar-refractivity contribution >= 4 is 31.4 Å². The maximum absolute atomic E-state index is 13.8. The molecule has 1 aromatic carbocycles. The molecule has 12 nitrogen and oxygen atoms in total. The van der Waals surface area contributed by atoms with Crippen LogP contribution in [0.25, 0.3) is 0 Å². The Morgan fingerprint density at radius 2 is 1.75 bits per heavy atom. The molecule has 1 unspecified atom stereocenters. The Balaban J connectivity index is 1.48. The van der Waals surface area contributed by atoms with Crippen molar-refractivity contribution in [1.29, 1.82) is 0 Å². The van der Waals surface area contributed by atoms with E-state index in [4.69, 9.17) is 9.79 Å². The number of hydrogen-bond acceptors (Lipinski definition) is 10. The topological polar surface area (TPSA) is 165 Å². The van der Waals surface area contributed by atoms with Gasteiger partial charge in [0.1, 0.15) is 6.73 Å². The van der Waals surface area contributed by atoms with Crippen molar-refractivity contribution in [2.24, 2.45) is 0 Å². The molecular weight excluding hydrogens is 492 g/mol. The largest absolute Gasteiger partial charge is 0.505 e. The van der Waals surface area contributed by atoms with Crippen LogP contribution in [0.2, 0.25) is 0 Å². The lowest BCUT2D eigenvalue weighted by atomic mass is 10.1. The highest BCUT2D eigenvalue weighted by molar-refractivity contribution is 7.46. The number of nitrogens with zero attached hydrogens (tertiary/aromatic N) is 4. The molecule has 1 saturated heterocycles. The molecule has 0 bridgehead atoms. The summed E-state index contributed by atoms with van der Waals surface area (Å²) in [7, 11) is -4.55. The van der Waals surface area contributed by atoms with Gasteiger partial charge >= 0.3 is 7.82 Å². The molecule has 2 fully saturated rings. The van der Waals surface area contributed by atoms with Gasteiger partial charge in [0.25, 0.3) is 0 Å². The van der Waals surface area contributed by atoms with Crippen LogP contribution in [0.15, 0.2) is 18.2 Å². The van der Waals surface area contributed by atoms with E-state index in [0.29, 0.717) is 30.7 Å². The minimum absolute atomic E-state index is 0.0193. The zero-order chi connectivity index (χ0) is 25.5. The number of halogens is 1. The molecular formula is C22H33FN7O5P. The summed E-state index contributed by atoms with van der Waals surface area (Å²) < 4.78 is 29.6. The molecule has 14 heteroatoms. The molecule has 2 heterocycles. The molecule has 198 valence electrons. The lowest BCUT2D eigenvalue weighted by Crippen LogP contribution is -2.36. The molecule has 0 spiro atoms. The number of likely N-dealkylation sites (tertiary alicyclic amines) is 1. The Hall–Kier alpha value is -2.57. The summed E-state index contributed by atoms with van der Waals surface area (Å²) in [6, 6.07) is 4.15. The number of anilines is 4. The summed E-state index contributed by atoms with van der Waals surface area (Å²) in [6.07, 6.45) is 8.46. The van der Waals surface area contributed by atoms with Crippen molar-refractivity contribution in [3.05, 3.63) is 24.0 Å². The first-order chi connectivity index (χ1) is 17.2. The van der Waals surface area contributed by atoms with Gasteiger partial charge in [-0.2, -0.15) is 15.0 Å². The summed E-state index contributed by atoms with van der Waals surface area (Å²) in [5.74, 6) is -0.289. The van der Waals surface area contributed by atoms with E-state index in [1.54, 1.807) is 0 Å². The minimum atomic E-state index is -4.55. The van der Waals surface area contributed by atoms with Gasteiger partial charge in [0, 0.05) is 36.9 Å². The second-order valence-corrected chi connectivity index (χ2v) is 10.4. The molecule has 1 aliphatic carbocycles. The van der Waals surface area contributed by atoms with Crippen LogP contribution in [-0.2, 0) is 9.09 Å². The van der Waals surface area contributed by atoms with Crippen LogP contribution in [0.5, 0.6) is 5.75 Å². The van der Waals surface area contributed by atoms with E-state index in [1.165, 1.54) is 25.0 Å². The number of aromatic hydroxyl groups is 1. The lowest BCUT2D eigenvalue weighted by molar-refractivity contribution is 0.0859. The van der Waals surface area contributed by atoms with E-state index in [1.807, 2.05) is 4.90 Å². The van der Waals surface area contributed by atoms with Crippen molar-refractivity contribution in [2.75, 3.05) is 35.8 Å². The Kier molecular flexibility index (Phi) is 8.91. The normalized spacial score (nSPS) is 19.7. The highest BCUT2D eigenvalue weighted by Gasteiger charge is 2.27. The zero-order valence-corrected chi connectivity index (χ0v) is 20.8. The van der Waals surface area contributed by atoms with Gasteiger partial charge in [-0.05, 0) is 37.8 Å². The first-order valence-corrected chi connectivity index (χ1v) is 13.7. The fourth-order valence-corrected chi connectivity index (χ4v) is 4.85. The van der Waals surface area contributed by atoms with Crippen LogP contribution < -0.4 is 16.0 Å². The molecule has 0 radical (unpaired) electrons. The number of hydrogen-bond donors (Lipinski definition) is 6. The number of benzene rings is 1. The number of phenols is 1. The van der Waals surface area contributed by atoms with E-state index in [-0.39, 0.29) is 24.8 Å². The number of rotatable bonds is 10. The van der Waals surface area contributed by atoms with Crippen LogP contribution in [0, 0.1) is 5.82 Å². The predicted molar refractivity (Wildman–Crippen MR) is 133 cm³/mol. The maximum atomic E-state index is 13.8. The van der Waals surface area contributed by atoms with Crippen LogP contribution in [0.4, 0.5) is 27.9 Å². The molecule has 1 atom stereocenters. The number of nitrogens with one attached hydrogen (secondary N) is 3. The molecule has 0 amide bonds. The number of aromatic nitrogens is 3. The quantitative estimate of drug-likeness (QED) is 0.152. The molecule has 6 N–H and O–H groups in total. The van der Waals surface area contributed by atoms with Crippen molar-refractivity contribution in [1.82, 2.24) is 19.9 Å². The van der Waals surface area contributed by atoms with E-state index in [0.717, 1.165) is 44.6 Å². The van der Waals surface area contributed by atoms with E-state index >= 15 is 0 Å². The SMILES string of the molecule is O=P(O)(O)OCN1CCCC1CNc1nc(Nc2ccc(O)c(F)c2)nc(NC2CCCCCC2)n1. The third-order valence-corrected chi connectivity index (χ3v) is 6.87. The van der Waals surface area contributed by atoms with Crippen molar-refractivity contribution in [3.8, 4) is 5.75 Å². The van der Waals surface area contributed by atoms with Crippen LogP contribution in [0.1, 0.15) is 51.4 Å². The first kappa shape index (κ1) is 26.5. The van der Waals surface area contributed by atoms with Gasteiger partial charge in [-0.25, -0.2) is 8.96 Å². The predicted octanol–water partition coefficient (Wildman–Crippen LogP) is 3.54. The molecule has 36 heavy (non-hydrogen) atoms. The Morgan fingerprint density at radius 1 is 1.03 bits per heavy atom. The zero-order valence-electron chi connectivity index (χ0n) is 19.9. The number of phosphoric ester groups is 1. The van der Waals surface area contributed by atoms with Gasteiger partial charge in [-0.15, -0.1) is 0 Å². The monoisotopic (exact) mass is 525 g/mol. The summed E-state index contributed by atoms with van der Waals surface area (Å²) in [4.78, 5) is 33.3. The summed E-state index contributed by atoms with van der Waals surface area (Å²) in [5.41, 5.74) is 0.374. The number of phenolic OH excluding ortho intramolecular Hbond substituents is 1. The highest BCUT2D eigenvalue weighted by atomic mass is 31.2. The highest BCUT2D eigenvalue weighted by Crippen LogP contribution is 2.36. The summed E-state index contributed by atoms with van der Waals surface area (Å²) in [5, 5.41) is 19.0. The van der Waals surface area contributed by atoms with Crippen molar-refractivity contribution in [3.63, 3.8) is 0 Å². The Morgan fingerprint density at radius 3 is 2.47 bits per heavy atom. The average molecular weight is 526 g/mol. The standard InChI is InChI=1S/C22H33FN7O5P/c23-18-12-16(9-10-19(18)31)26-22-28-20(27-21(29-22)25-15-6-3-1-2-4-7-15)24-13-17-8-5-11-30(17)14-35-36(32,33)34/h9-10,12,15,17,31H,1-8,11,13-14H2,(H2,32,33,34)(H3,24,25,26,27,28,29). The number of phosphoric acid groups is 1. The molecule has 2 aromatic rings. The second-order valence-electron chi connectivity index (χ2n) is 9.17. The van der Waals surface area contributed by atoms with Gasteiger partial charge in [-0.3, -0.25) is 9.42 Å². The smallest absolute Gasteiger partial charge is 0.470 e. The third kappa shape index (κ3) is 7.97. The fourth-order valence-electron chi connectivity index (χ4n) is 4.55. The molecule has 1 aliphatic heterocycles. The van der Waals surface area contributed by atoms with Gasteiger partial charge < -0.3 is 30.8 Å². The van der Waals surface area contributed by atoms with Crippen LogP contribution in [0.3, 0.4) is 0 Å². The Bertz CT molecular complexity index is 1070. The van der Waals surface area contributed by atoms with Gasteiger partial charge in [0.15, 0.2) is 11.6 Å². The van der Waals surface area contributed by atoms with E-state index < -0.39 is 19.4 Å². The first-order valence-electron chi connectivity index (χ1n) is 12.2. The average Bonchev–Trinajstić information content (AvgIpc) is 3.12. The van der Waals surface area contributed by atoms with E-state index in [2.05, 4.69) is 35.4 Å². The van der Waals surface area contributed by atoms with Gasteiger partial charge in [0.2, 0.25) is 17.8 Å². The Labute approximate surface area is 209 Å². The minimum Gasteiger partial charge on any atom is -0.505 e. The van der Waals surface area contributed by atoms with Crippen molar-refractivity contribution < 1.29 is 28.4 Å². The fraction of sp³-hybridized carbons (Fsp3) is 0.591. The second kappa shape index (κ2) is 12.1. The van der Waals surface area contributed by atoms with E-state index in [9.17, 15) is 14.1 Å². The molecule has 1 saturated carbocycles. The lowest BCUT2D eigenvalue weighted by Gasteiger charge is -2.24. The third-order valence-electron chi connectivity index (χ3n) is 6.41. The molecule has 2 aliphatic rings. The summed E-state index contributed by atoms with van der Waals surface area (Å²) in [6.45, 7) is 0.934. The van der Waals surface area contributed by atoms with Gasteiger partial charge in [-0.1, -0.05) is 25.7 Å². The van der Waals surface area contributed by atoms with Crippen molar-refractivity contribution in [2.45, 2.75) is 63.5 Å².